The highest BCUT2D eigenvalue weighted by molar-refractivity contribution is 7.84. The molecule has 2 aromatic rings. The van der Waals surface area contributed by atoms with Crippen molar-refractivity contribution >= 4 is 29.7 Å². The van der Waals surface area contributed by atoms with E-state index in [-0.39, 0.29) is 16.8 Å². The molecule has 0 fully saturated rings. The molecule has 3 nitrogen and oxygen atoms in total. The van der Waals surface area contributed by atoms with Crippen molar-refractivity contribution in [2.45, 2.75) is 77.6 Å². The van der Waals surface area contributed by atoms with E-state index in [1.807, 2.05) is 46.8 Å². The maximum Gasteiger partial charge on any atom is 0.261 e. The van der Waals surface area contributed by atoms with Crippen molar-refractivity contribution in [3.05, 3.63) is 72.6 Å². The first-order chi connectivity index (χ1) is 15.8. The van der Waals surface area contributed by atoms with Gasteiger partial charge in [-0.1, -0.05) is 95.3 Å². The molecule has 2 atom stereocenters. The van der Waals surface area contributed by atoms with Crippen LogP contribution in [0, 0.1) is 5.92 Å². The summed E-state index contributed by atoms with van der Waals surface area (Å²) in [5, 5.41) is 2.30. The Bertz CT molecular complexity index is 910. The summed E-state index contributed by atoms with van der Waals surface area (Å²) in [7, 11) is -3.98. The van der Waals surface area contributed by atoms with Gasteiger partial charge in [0, 0.05) is 6.61 Å². The van der Waals surface area contributed by atoms with E-state index < -0.39 is 30.1 Å². The lowest BCUT2D eigenvalue weighted by atomic mass is 10.0. The summed E-state index contributed by atoms with van der Waals surface area (Å²) < 4.78 is 37.1. The van der Waals surface area contributed by atoms with Gasteiger partial charge >= 0.3 is 0 Å². The molecule has 0 bridgehead atoms. The van der Waals surface area contributed by atoms with Gasteiger partial charge in [-0.3, -0.25) is 0 Å². The molecule has 6 heteroatoms. The summed E-state index contributed by atoms with van der Waals surface area (Å²) in [5.41, 5.74) is 0. The lowest BCUT2D eigenvalue weighted by Gasteiger charge is -2.43. The van der Waals surface area contributed by atoms with Crippen molar-refractivity contribution in [3.8, 4) is 0 Å². The molecule has 0 saturated carbocycles. The lowest BCUT2D eigenvalue weighted by Crippen LogP contribution is -2.66. The Balaban J connectivity index is 2.29. The summed E-state index contributed by atoms with van der Waals surface area (Å²) in [4.78, 5) is 0. The molecule has 1 unspecified atom stereocenters. The van der Waals surface area contributed by atoms with Gasteiger partial charge in [-0.05, 0) is 54.6 Å². The van der Waals surface area contributed by atoms with Crippen LogP contribution in [0.25, 0.3) is 0 Å². The van der Waals surface area contributed by atoms with E-state index in [9.17, 15) is 4.21 Å². The zero-order chi connectivity index (χ0) is 25.6. The quantitative estimate of drug-likeness (QED) is 0.325. The first-order valence-corrected chi connectivity index (χ1v) is 15.1. The second-order valence-electron chi connectivity index (χ2n) is 11.1. The summed E-state index contributed by atoms with van der Waals surface area (Å²) in [6, 6.07) is 20.3. The van der Waals surface area contributed by atoms with Gasteiger partial charge in [0.2, 0.25) is 0 Å². The van der Waals surface area contributed by atoms with Crippen LogP contribution in [0.15, 0.2) is 72.6 Å². The van der Waals surface area contributed by atoms with E-state index in [0.717, 1.165) is 0 Å². The van der Waals surface area contributed by atoms with E-state index in [2.05, 4.69) is 74.0 Å². The molecule has 0 saturated heterocycles. The topological polar surface area (TPSA) is 38.3 Å². The number of benzene rings is 2. The molecule has 0 spiro atoms. The van der Waals surface area contributed by atoms with Crippen LogP contribution in [0.2, 0.25) is 5.04 Å². The number of hydrogen-bond acceptors (Lipinski definition) is 2. The van der Waals surface area contributed by atoms with Crippen LogP contribution < -0.4 is 15.1 Å². The van der Waals surface area contributed by atoms with Crippen molar-refractivity contribution in [2.75, 3.05) is 6.61 Å². The van der Waals surface area contributed by atoms with E-state index in [4.69, 9.17) is 4.43 Å². The molecule has 0 aliphatic rings. The molecule has 0 amide bonds. The third-order valence-electron chi connectivity index (χ3n) is 5.95. The van der Waals surface area contributed by atoms with Crippen LogP contribution in [0.1, 0.15) is 61.8 Å². The molecule has 0 radical (unpaired) electrons. The standard InChI is InChI=1S/C28H42FNO2SSi/c1-22(2)26(30-33(31)27(3,4)5)25(29)20-15-21-32-34(28(6,7)8,23-16-11-9-12-17-23)24-18-13-10-14-19-24/h9-14,16-20,22,26,30H,15,21H2,1-8H3/b25-20-/t26-,33?/m0/s1. The van der Waals surface area contributed by atoms with Crippen molar-refractivity contribution in [2.24, 2.45) is 5.92 Å². The van der Waals surface area contributed by atoms with Gasteiger partial charge in [-0.2, -0.15) is 0 Å². The highest BCUT2D eigenvalue weighted by Crippen LogP contribution is 2.36. The van der Waals surface area contributed by atoms with Crippen LogP contribution in [0.4, 0.5) is 4.39 Å². The van der Waals surface area contributed by atoms with Gasteiger partial charge in [0.15, 0.2) is 0 Å². The Labute approximate surface area is 209 Å². The van der Waals surface area contributed by atoms with E-state index in [0.29, 0.717) is 13.0 Å². The third-order valence-corrected chi connectivity index (χ3v) is 12.6. The molecular formula is C28H42FNO2SSi. The van der Waals surface area contributed by atoms with Crippen molar-refractivity contribution < 1.29 is 13.0 Å². The largest absolute Gasteiger partial charge is 0.407 e. The van der Waals surface area contributed by atoms with Crippen LogP contribution in [0.5, 0.6) is 0 Å². The molecular weight excluding hydrogens is 461 g/mol. The summed E-state index contributed by atoms with van der Waals surface area (Å²) in [6.07, 6.45) is 2.04. The van der Waals surface area contributed by atoms with Gasteiger partial charge in [-0.25, -0.2) is 13.3 Å². The van der Waals surface area contributed by atoms with Gasteiger partial charge in [-0.15, -0.1) is 0 Å². The molecule has 0 aliphatic heterocycles. The molecule has 1 N–H and O–H groups in total. The van der Waals surface area contributed by atoms with Crippen LogP contribution >= 0.6 is 0 Å². The Morgan fingerprint density at radius 3 is 1.82 bits per heavy atom. The minimum absolute atomic E-state index is 0.0276. The molecule has 2 rings (SSSR count). The number of nitrogens with one attached hydrogen (secondary N) is 1. The number of halogens is 1. The fraction of sp³-hybridized carbons (Fsp3) is 0.500. The van der Waals surface area contributed by atoms with Gasteiger partial charge in [0.05, 0.1) is 21.8 Å². The molecule has 0 heterocycles. The zero-order valence-corrected chi connectivity index (χ0v) is 23.8. The van der Waals surface area contributed by atoms with Gasteiger partial charge < -0.3 is 4.43 Å². The maximum absolute atomic E-state index is 15.2. The van der Waals surface area contributed by atoms with Gasteiger partial charge in [0.25, 0.3) is 8.32 Å². The number of rotatable bonds is 10. The second-order valence-corrected chi connectivity index (χ2v) is 17.4. The second kappa shape index (κ2) is 11.9. The predicted molar refractivity (Wildman–Crippen MR) is 147 cm³/mol. The smallest absolute Gasteiger partial charge is 0.261 e. The molecule has 188 valence electrons. The Hall–Kier alpha value is -1.60. The van der Waals surface area contributed by atoms with Gasteiger partial charge in [0.1, 0.15) is 5.83 Å². The minimum Gasteiger partial charge on any atom is -0.407 e. The average Bonchev–Trinajstić information content (AvgIpc) is 2.76. The normalized spacial score (nSPS) is 15.4. The lowest BCUT2D eigenvalue weighted by molar-refractivity contribution is 0.302. The van der Waals surface area contributed by atoms with Crippen molar-refractivity contribution in [1.82, 2.24) is 4.72 Å². The maximum atomic E-state index is 15.2. The van der Waals surface area contributed by atoms with Crippen LogP contribution in [-0.2, 0) is 15.4 Å². The Morgan fingerprint density at radius 1 is 0.971 bits per heavy atom. The fourth-order valence-corrected chi connectivity index (χ4v) is 9.65. The minimum atomic E-state index is -2.64. The van der Waals surface area contributed by atoms with Crippen LogP contribution in [-0.4, -0.2) is 29.9 Å². The first kappa shape index (κ1) is 28.6. The summed E-state index contributed by atoms with van der Waals surface area (Å²) in [6.45, 7) is 16.6. The van der Waals surface area contributed by atoms with E-state index >= 15 is 4.39 Å². The SMILES string of the molecule is CC(C)[C@H](NS(=O)C(C)(C)C)/C(F)=C/CCO[Si](c1ccccc1)(c1ccccc1)C(C)(C)C. The highest BCUT2D eigenvalue weighted by atomic mass is 32.2. The average molecular weight is 504 g/mol. The first-order valence-electron chi connectivity index (χ1n) is 12.1. The predicted octanol–water partition coefficient (Wildman–Crippen LogP) is 5.88. The summed E-state index contributed by atoms with van der Waals surface area (Å²) in [5.74, 6) is -0.307. The Kier molecular flexibility index (Phi) is 10.0. The van der Waals surface area contributed by atoms with Crippen molar-refractivity contribution in [1.29, 1.82) is 0 Å². The number of hydrogen-bond donors (Lipinski definition) is 1. The Morgan fingerprint density at radius 2 is 1.44 bits per heavy atom. The molecule has 2 aromatic carbocycles. The van der Waals surface area contributed by atoms with Crippen molar-refractivity contribution in [3.63, 3.8) is 0 Å². The van der Waals surface area contributed by atoms with E-state index in [1.54, 1.807) is 6.08 Å². The van der Waals surface area contributed by atoms with E-state index in [1.165, 1.54) is 10.4 Å². The summed E-state index contributed by atoms with van der Waals surface area (Å²) >= 11 is 0. The molecule has 34 heavy (non-hydrogen) atoms. The molecule has 0 aliphatic carbocycles. The fourth-order valence-electron chi connectivity index (χ4n) is 4.10. The highest BCUT2D eigenvalue weighted by Gasteiger charge is 2.49. The zero-order valence-electron chi connectivity index (χ0n) is 22.0. The monoisotopic (exact) mass is 503 g/mol. The third kappa shape index (κ3) is 6.97. The molecule has 0 aromatic heterocycles. The van der Waals surface area contributed by atoms with Crippen LogP contribution in [0.3, 0.4) is 0 Å².